The maximum Gasteiger partial charge on any atom is 0.162 e. The molecule has 0 heterocycles. The molecular formula is C28H34ClO2Y-. The molecule has 169 valence electrons. The quantitative estimate of drug-likeness (QED) is 0.235. The van der Waals surface area contributed by atoms with Gasteiger partial charge in [-0.3, -0.25) is 4.79 Å². The summed E-state index contributed by atoms with van der Waals surface area (Å²) in [7, 11) is 0. The monoisotopic (exact) mass is 526 g/mol. The van der Waals surface area contributed by atoms with Gasteiger partial charge in [0.25, 0.3) is 0 Å². The summed E-state index contributed by atoms with van der Waals surface area (Å²) >= 11 is 6.66. The number of aliphatic hydroxyl groups excluding tert-OH is 1. The first kappa shape index (κ1) is 26.1. The summed E-state index contributed by atoms with van der Waals surface area (Å²) in [6, 6.07) is 19.1. The van der Waals surface area contributed by atoms with Crippen molar-refractivity contribution in [2.45, 2.75) is 81.6 Å². The molecule has 2 saturated carbocycles. The van der Waals surface area contributed by atoms with Crippen molar-refractivity contribution in [2.75, 3.05) is 0 Å². The number of benzene rings is 2. The van der Waals surface area contributed by atoms with Gasteiger partial charge in [0.2, 0.25) is 0 Å². The number of Topliss-reactive ketones (excluding diaryl/α,β-unsaturated/α-hetero) is 1. The van der Waals surface area contributed by atoms with Gasteiger partial charge in [-0.15, -0.1) is 11.6 Å². The minimum atomic E-state index is -0.426. The minimum absolute atomic E-state index is 0. The molecule has 1 radical (unpaired) electrons. The molecule has 2 fully saturated rings. The van der Waals surface area contributed by atoms with Crippen LogP contribution in [-0.4, -0.2) is 22.4 Å². The van der Waals surface area contributed by atoms with Gasteiger partial charge in [-0.25, -0.2) is 0 Å². The molecule has 4 atom stereocenters. The van der Waals surface area contributed by atoms with Gasteiger partial charge in [0.15, 0.2) is 5.78 Å². The van der Waals surface area contributed by atoms with Crippen LogP contribution < -0.4 is 0 Å². The van der Waals surface area contributed by atoms with E-state index < -0.39 is 6.10 Å². The number of halogens is 1. The van der Waals surface area contributed by atoms with Gasteiger partial charge in [0.05, 0.1) is 6.10 Å². The Morgan fingerprint density at radius 3 is 2.38 bits per heavy atom. The molecule has 0 bridgehead atoms. The zero-order chi connectivity index (χ0) is 21.6. The van der Waals surface area contributed by atoms with E-state index in [0.29, 0.717) is 12.8 Å². The Bertz CT molecular complexity index is 832. The number of rotatable bonds is 8. The summed E-state index contributed by atoms with van der Waals surface area (Å²) in [5, 5.41) is 10.7. The van der Waals surface area contributed by atoms with Crippen molar-refractivity contribution in [2.24, 2.45) is 11.8 Å². The standard InChI is InChI=1S/C28H34ClO2.Y/c29-25-19-27(31)28(24(25)17-11-20-7-3-1-4-8-20)23-15-13-22(14-16-23)26(30)18-12-21-9-5-2-6-10-21;/h3-4,7-8,13-16,21,24-25,27-28,31H,2,5-6,9-12,17-19H2;/q-1;/t24?,25-,27-,28?;/m1./s1. The van der Waals surface area contributed by atoms with Gasteiger partial charge in [-0.1, -0.05) is 62.8 Å². The molecule has 0 amide bonds. The molecule has 32 heavy (non-hydrogen) atoms. The SMILES string of the molecule is O=C(CCC1CCCCC1)c1ccc(C2C(CCc3cc[c-]cc3)[C@H](Cl)C[C@H]2O)cc1.[Y]. The van der Waals surface area contributed by atoms with E-state index in [-0.39, 0.29) is 55.7 Å². The van der Waals surface area contributed by atoms with Gasteiger partial charge in [0, 0.05) is 56.0 Å². The van der Waals surface area contributed by atoms with Crippen molar-refractivity contribution in [3.63, 3.8) is 0 Å². The van der Waals surface area contributed by atoms with E-state index in [0.717, 1.165) is 36.3 Å². The summed E-state index contributed by atoms with van der Waals surface area (Å²) < 4.78 is 0. The van der Waals surface area contributed by atoms with Crippen LogP contribution in [-0.2, 0) is 39.1 Å². The topological polar surface area (TPSA) is 37.3 Å². The van der Waals surface area contributed by atoms with Gasteiger partial charge in [-0.2, -0.15) is 35.9 Å². The molecule has 0 aromatic heterocycles. The van der Waals surface area contributed by atoms with Gasteiger partial charge >= 0.3 is 0 Å². The van der Waals surface area contributed by atoms with Gasteiger partial charge in [-0.05, 0) is 36.7 Å². The van der Waals surface area contributed by atoms with E-state index in [4.69, 9.17) is 11.6 Å². The number of carbonyl (C=O) groups excluding carboxylic acids is 1. The summed E-state index contributed by atoms with van der Waals surface area (Å²) in [5.41, 5.74) is 3.18. The van der Waals surface area contributed by atoms with Crippen LogP contribution >= 0.6 is 11.6 Å². The molecule has 2 aromatic rings. The fraction of sp³-hybridized carbons (Fsp3) is 0.536. The van der Waals surface area contributed by atoms with Crippen LogP contribution in [0.25, 0.3) is 0 Å². The molecule has 2 nitrogen and oxygen atoms in total. The number of hydrogen-bond donors (Lipinski definition) is 1. The van der Waals surface area contributed by atoms with Gasteiger partial charge in [0.1, 0.15) is 0 Å². The Kier molecular flexibility index (Phi) is 10.4. The maximum absolute atomic E-state index is 12.7. The van der Waals surface area contributed by atoms with Crippen LogP contribution in [0.3, 0.4) is 0 Å². The fourth-order valence-corrected chi connectivity index (χ4v) is 6.13. The van der Waals surface area contributed by atoms with Gasteiger partial charge < -0.3 is 5.11 Å². The molecule has 2 aliphatic rings. The first-order chi connectivity index (χ1) is 15.1. The average Bonchev–Trinajstić information content (AvgIpc) is 3.10. The Balaban J connectivity index is 0.00000289. The average molecular weight is 527 g/mol. The fourth-order valence-electron chi connectivity index (χ4n) is 5.66. The van der Waals surface area contributed by atoms with E-state index in [2.05, 4.69) is 18.2 Å². The molecule has 2 unspecified atom stereocenters. The number of ketones is 1. The predicted molar refractivity (Wildman–Crippen MR) is 127 cm³/mol. The molecule has 1 N–H and O–H groups in total. The molecule has 4 rings (SSSR count). The van der Waals surface area contributed by atoms with Crippen molar-refractivity contribution < 1.29 is 42.6 Å². The summed E-state index contributed by atoms with van der Waals surface area (Å²) in [6.45, 7) is 0. The third-order valence-corrected chi connectivity index (χ3v) is 7.98. The van der Waals surface area contributed by atoms with Crippen molar-refractivity contribution >= 4 is 17.4 Å². The molecule has 0 aliphatic heterocycles. The van der Waals surface area contributed by atoms with E-state index in [1.54, 1.807) is 0 Å². The summed E-state index contributed by atoms with van der Waals surface area (Å²) in [4.78, 5) is 12.7. The normalized spacial score (nSPS) is 25.9. The Morgan fingerprint density at radius 1 is 1.00 bits per heavy atom. The van der Waals surface area contributed by atoms with Crippen LogP contribution in [0.4, 0.5) is 0 Å². The van der Waals surface area contributed by atoms with Crippen molar-refractivity contribution in [3.05, 3.63) is 71.3 Å². The zero-order valence-electron chi connectivity index (χ0n) is 18.9. The van der Waals surface area contributed by atoms with E-state index >= 15 is 0 Å². The predicted octanol–water partition coefficient (Wildman–Crippen LogP) is 6.73. The van der Waals surface area contributed by atoms with Crippen LogP contribution in [0.1, 0.15) is 85.2 Å². The molecule has 4 heteroatoms. The first-order valence-electron chi connectivity index (χ1n) is 12.0. The van der Waals surface area contributed by atoms with E-state index in [1.165, 1.54) is 37.7 Å². The molecular weight excluding hydrogens is 493 g/mol. The van der Waals surface area contributed by atoms with Crippen LogP contribution in [0.5, 0.6) is 0 Å². The number of alkyl halides is 1. The van der Waals surface area contributed by atoms with E-state index in [1.807, 2.05) is 36.4 Å². The Labute approximate surface area is 223 Å². The number of aryl methyl sites for hydroxylation is 1. The second-order valence-electron chi connectivity index (χ2n) is 9.54. The maximum atomic E-state index is 12.7. The Hall–Kier alpha value is -0.536. The van der Waals surface area contributed by atoms with Crippen molar-refractivity contribution in [1.29, 1.82) is 0 Å². The van der Waals surface area contributed by atoms with Crippen LogP contribution in [0, 0.1) is 17.9 Å². The van der Waals surface area contributed by atoms with Crippen LogP contribution in [0.15, 0.2) is 48.5 Å². The molecule has 0 spiro atoms. The number of hydrogen-bond acceptors (Lipinski definition) is 2. The smallest absolute Gasteiger partial charge is 0.162 e. The third kappa shape index (κ3) is 6.75. The summed E-state index contributed by atoms with van der Waals surface area (Å²) in [5.74, 6) is 1.24. The number of carbonyl (C=O) groups is 1. The largest absolute Gasteiger partial charge is 0.392 e. The third-order valence-electron chi connectivity index (χ3n) is 7.48. The Morgan fingerprint density at radius 2 is 1.69 bits per heavy atom. The second kappa shape index (κ2) is 12.8. The minimum Gasteiger partial charge on any atom is -0.392 e. The van der Waals surface area contributed by atoms with Crippen molar-refractivity contribution in [3.8, 4) is 0 Å². The molecule has 2 aromatic carbocycles. The zero-order valence-corrected chi connectivity index (χ0v) is 22.5. The van der Waals surface area contributed by atoms with Crippen molar-refractivity contribution in [1.82, 2.24) is 0 Å². The van der Waals surface area contributed by atoms with E-state index in [9.17, 15) is 9.90 Å². The van der Waals surface area contributed by atoms with Crippen LogP contribution in [0.2, 0.25) is 0 Å². The number of aliphatic hydroxyl groups is 1. The first-order valence-corrected chi connectivity index (χ1v) is 12.5. The molecule has 0 saturated heterocycles. The molecule has 2 aliphatic carbocycles. The summed E-state index contributed by atoms with van der Waals surface area (Å²) in [6.07, 6.45) is 10.3. The second-order valence-corrected chi connectivity index (χ2v) is 10.1.